The van der Waals surface area contributed by atoms with E-state index in [1.165, 1.54) is 19.1 Å². The van der Waals surface area contributed by atoms with Gasteiger partial charge in [0.1, 0.15) is 11.4 Å². The third-order valence-electron chi connectivity index (χ3n) is 3.40. The Morgan fingerprint density at radius 1 is 1.05 bits per heavy atom. The maximum atomic E-state index is 12.2. The van der Waals surface area contributed by atoms with E-state index in [4.69, 9.17) is 0 Å². The van der Waals surface area contributed by atoms with Gasteiger partial charge in [-0.1, -0.05) is 0 Å². The quantitative estimate of drug-likeness (QED) is 0.512. The second-order valence-corrected chi connectivity index (χ2v) is 5.04. The second kappa shape index (κ2) is 5.37. The molecule has 3 rings (SSSR count). The first-order valence-electron chi connectivity index (χ1n) is 6.77. The summed E-state index contributed by atoms with van der Waals surface area (Å²) in [5.41, 5.74) is 2.40. The van der Waals surface area contributed by atoms with Crippen LogP contribution in [0, 0.1) is 0 Å². The summed E-state index contributed by atoms with van der Waals surface area (Å²) in [5, 5.41) is 12.8. The van der Waals surface area contributed by atoms with Crippen LogP contribution < -0.4 is 5.32 Å². The molecule has 0 spiro atoms. The van der Waals surface area contributed by atoms with E-state index in [-0.39, 0.29) is 17.4 Å². The largest absolute Gasteiger partial charge is 0.508 e. The minimum absolute atomic E-state index is 0.0156. The number of fused-ring (bicyclic) bond motifs is 1. The molecule has 1 aromatic heterocycles. The van der Waals surface area contributed by atoms with Crippen LogP contribution in [0.25, 0.3) is 10.9 Å². The van der Waals surface area contributed by atoms with Crippen molar-refractivity contribution in [2.45, 2.75) is 6.92 Å². The van der Waals surface area contributed by atoms with Crippen molar-refractivity contribution in [2.24, 2.45) is 0 Å². The fourth-order valence-electron chi connectivity index (χ4n) is 2.22. The highest BCUT2D eigenvalue weighted by molar-refractivity contribution is 6.06. The first kappa shape index (κ1) is 13.9. The van der Waals surface area contributed by atoms with Gasteiger partial charge in [-0.25, -0.2) is 0 Å². The number of aromatic nitrogens is 1. The number of carbonyl (C=O) groups is 2. The van der Waals surface area contributed by atoms with Crippen LogP contribution in [-0.2, 0) is 0 Å². The van der Waals surface area contributed by atoms with Crippen molar-refractivity contribution in [1.29, 1.82) is 0 Å². The minimum Gasteiger partial charge on any atom is -0.508 e. The van der Waals surface area contributed by atoms with Crippen LogP contribution in [-0.4, -0.2) is 21.8 Å². The van der Waals surface area contributed by atoms with Crippen molar-refractivity contribution in [3.05, 3.63) is 59.8 Å². The van der Waals surface area contributed by atoms with Crippen molar-refractivity contribution in [3.8, 4) is 5.75 Å². The van der Waals surface area contributed by atoms with Crippen LogP contribution in [0.15, 0.2) is 48.5 Å². The Morgan fingerprint density at radius 3 is 2.45 bits per heavy atom. The van der Waals surface area contributed by atoms with Crippen molar-refractivity contribution >= 4 is 28.3 Å². The molecule has 5 heteroatoms. The van der Waals surface area contributed by atoms with E-state index in [1.807, 2.05) is 0 Å². The van der Waals surface area contributed by atoms with Crippen LogP contribution >= 0.6 is 0 Å². The summed E-state index contributed by atoms with van der Waals surface area (Å²) in [5.74, 6) is -0.162. The lowest BCUT2D eigenvalue weighted by molar-refractivity contribution is 0.101. The Kier molecular flexibility index (Phi) is 3.39. The van der Waals surface area contributed by atoms with E-state index in [2.05, 4.69) is 10.3 Å². The minimum atomic E-state index is -0.286. The molecule has 1 heterocycles. The molecule has 0 radical (unpaired) electrons. The number of rotatable bonds is 3. The molecule has 0 aliphatic carbocycles. The summed E-state index contributed by atoms with van der Waals surface area (Å²) < 4.78 is 0. The zero-order valence-electron chi connectivity index (χ0n) is 11.9. The van der Waals surface area contributed by atoms with Crippen LogP contribution in [0.4, 0.5) is 5.69 Å². The zero-order chi connectivity index (χ0) is 15.7. The Labute approximate surface area is 126 Å². The number of aromatic hydroxyl groups is 1. The Bertz CT molecular complexity index is 863. The molecule has 0 fully saturated rings. The molecule has 0 aliphatic rings. The molecule has 0 bridgehead atoms. The number of carbonyl (C=O) groups excluding carboxylic acids is 2. The van der Waals surface area contributed by atoms with Gasteiger partial charge < -0.3 is 15.4 Å². The lowest BCUT2D eigenvalue weighted by Gasteiger charge is -2.03. The number of amides is 1. The number of phenolic OH excluding ortho intramolecular Hbond substituents is 1. The molecule has 3 aromatic rings. The van der Waals surface area contributed by atoms with E-state index >= 15 is 0 Å². The second-order valence-electron chi connectivity index (χ2n) is 5.04. The average molecular weight is 294 g/mol. The number of H-pyrrole nitrogens is 1. The first-order chi connectivity index (χ1) is 10.5. The van der Waals surface area contributed by atoms with E-state index < -0.39 is 0 Å². The Morgan fingerprint density at radius 2 is 1.77 bits per heavy atom. The SMILES string of the molecule is CC(=O)c1ccc2[nH]c(C(=O)Nc3ccc(O)cc3)cc2c1. The number of anilines is 1. The maximum absolute atomic E-state index is 12.2. The smallest absolute Gasteiger partial charge is 0.272 e. The lowest BCUT2D eigenvalue weighted by atomic mass is 10.1. The summed E-state index contributed by atoms with van der Waals surface area (Å²) in [6.45, 7) is 1.51. The molecular formula is C17H14N2O3. The van der Waals surface area contributed by atoms with Crippen LogP contribution in [0.5, 0.6) is 5.75 Å². The summed E-state index contributed by atoms with van der Waals surface area (Å²) in [6, 6.07) is 13.2. The molecular weight excluding hydrogens is 280 g/mol. The molecule has 22 heavy (non-hydrogen) atoms. The number of aromatic amines is 1. The van der Waals surface area contributed by atoms with Gasteiger partial charge in [0.2, 0.25) is 0 Å². The normalized spacial score (nSPS) is 10.6. The molecule has 2 aromatic carbocycles. The van der Waals surface area contributed by atoms with Crippen molar-refractivity contribution in [3.63, 3.8) is 0 Å². The highest BCUT2D eigenvalue weighted by atomic mass is 16.3. The Hall–Kier alpha value is -3.08. The van der Waals surface area contributed by atoms with Gasteiger partial charge >= 0.3 is 0 Å². The van der Waals surface area contributed by atoms with Crippen molar-refractivity contribution in [2.75, 3.05) is 5.32 Å². The number of hydrogen-bond donors (Lipinski definition) is 3. The highest BCUT2D eigenvalue weighted by Gasteiger charge is 2.11. The third-order valence-corrected chi connectivity index (χ3v) is 3.40. The maximum Gasteiger partial charge on any atom is 0.272 e. The van der Waals surface area contributed by atoms with E-state index in [0.29, 0.717) is 16.9 Å². The van der Waals surface area contributed by atoms with Gasteiger partial charge in [0, 0.05) is 22.2 Å². The van der Waals surface area contributed by atoms with E-state index in [1.54, 1.807) is 36.4 Å². The molecule has 5 nitrogen and oxygen atoms in total. The number of benzene rings is 2. The average Bonchev–Trinajstić information content (AvgIpc) is 2.92. The summed E-state index contributed by atoms with van der Waals surface area (Å²) in [6.07, 6.45) is 0. The fourth-order valence-corrected chi connectivity index (χ4v) is 2.22. The molecule has 1 amide bonds. The van der Waals surface area contributed by atoms with Crippen LogP contribution in [0.2, 0.25) is 0 Å². The summed E-state index contributed by atoms with van der Waals surface area (Å²) in [7, 11) is 0. The number of nitrogens with one attached hydrogen (secondary N) is 2. The van der Waals surface area contributed by atoms with Gasteiger partial charge in [-0.3, -0.25) is 9.59 Å². The van der Waals surface area contributed by atoms with Gasteiger partial charge in [0.05, 0.1) is 0 Å². The predicted octanol–water partition coefficient (Wildman–Crippen LogP) is 3.33. The summed E-state index contributed by atoms with van der Waals surface area (Å²) >= 11 is 0. The fraction of sp³-hybridized carbons (Fsp3) is 0.0588. The van der Waals surface area contributed by atoms with Gasteiger partial charge in [-0.2, -0.15) is 0 Å². The topological polar surface area (TPSA) is 82.2 Å². The first-order valence-corrected chi connectivity index (χ1v) is 6.77. The van der Waals surface area contributed by atoms with Gasteiger partial charge in [-0.15, -0.1) is 0 Å². The number of hydrogen-bond acceptors (Lipinski definition) is 3. The monoisotopic (exact) mass is 294 g/mol. The Balaban J connectivity index is 1.87. The van der Waals surface area contributed by atoms with Gasteiger partial charge in [0.15, 0.2) is 5.78 Å². The van der Waals surface area contributed by atoms with Crippen molar-refractivity contribution in [1.82, 2.24) is 4.98 Å². The molecule has 0 unspecified atom stereocenters. The standard InChI is InChI=1S/C17H14N2O3/c1-10(20)11-2-7-15-12(8-11)9-16(19-15)17(22)18-13-3-5-14(21)6-4-13/h2-9,19,21H,1H3,(H,18,22). The highest BCUT2D eigenvalue weighted by Crippen LogP contribution is 2.19. The predicted molar refractivity (Wildman–Crippen MR) is 84.4 cm³/mol. The molecule has 0 saturated carbocycles. The number of Topliss-reactive ketones (excluding diaryl/α,β-unsaturated/α-hetero) is 1. The molecule has 0 aliphatic heterocycles. The zero-order valence-corrected chi connectivity index (χ0v) is 11.9. The molecule has 110 valence electrons. The number of phenols is 1. The van der Waals surface area contributed by atoms with Gasteiger partial charge in [0.25, 0.3) is 5.91 Å². The third kappa shape index (κ3) is 2.69. The molecule has 3 N–H and O–H groups in total. The van der Waals surface area contributed by atoms with Gasteiger partial charge in [-0.05, 0) is 55.5 Å². The van der Waals surface area contributed by atoms with E-state index in [0.717, 1.165) is 10.9 Å². The lowest BCUT2D eigenvalue weighted by Crippen LogP contribution is -2.11. The van der Waals surface area contributed by atoms with Crippen molar-refractivity contribution < 1.29 is 14.7 Å². The number of ketones is 1. The molecule has 0 saturated heterocycles. The van der Waals surface area contributed by atoms with Crippen LogP contribution in [0.1, 0.15) is 27.8 Å². The van der Waals surface area contributed by atoms with Crippen LogP contribution in [0.3, 0.4) is 0 Å². The molecule has 0 atom stereocenters. The van der Waals surface area contributed by atoms with E-state index in [9.17, 15) is 14.7 Å². The summed E-state index contributed by atoms with van der Waals surface area (Å²) in [4.78, 5) is 26.6.